The molecule has 0 atom stereocenters. The van der Waals surface area contributed by atoms with Crippen molar-refractivity contribution in [3.63, 3.8) is 0 Å². The monoisotopic (exact) mass is 175 g/mol. The second-order valence-electron chi connectivity index (χ2n) is 2.64. The van der Waals surface area contributed by atoms with Gasteiger partial charge >= 0.3 is 0 Å². The average molecular weight is 175 g/mol. The van der Waals surface area contributed by atoms with E-state index < -0.39 is 0 Å². The number of nitrogens with zero attached hydrogens (tertiary/aromatic N) is 4. The van der Waals surface area contributed by atoms with Crippen molar-refractivity contribution in [1.29, 1.82) is 0 Å². The summed E-state index contributed by atoms with van der Waals surface area (Å²) in [5, 5.41) is 0. The number of aryl methyl sites for hydroxylation is 1. The molecular formula is C8H9N5. The summed E-state index contributed by atoms with van der Waals surface area (Å²) in [6.45, 7) is 1.90. The fourth-order valence-corrected chi connectivity index (χ4v) is 1.15. The summed E-state index contributed by atoms with van der Waals surface area (Å²) in [6.07, 6.45) is 6.62. The van der Waals surface area contributed by atoms with Gasteiger partial charge in [-0.15, -0.1) is 0 Å². The van der Waals surface area contributed by atoms with Gasteiger partial charge in [0.25, 0.3) is 0 Å². The van der Waals surface area contributed by atoms with E-state index >= 15 is 0 Å². The van der Waals surface area contributed by atoms with Gasteiger partial charge in [-0.25, -0.2) is 15.0 Å². The molecule has 0 bridgehead atoms. The van der Waals surface area contributed by atoms with Crippen molar-refractivity contribution in [3.8, 4) is 5.69 Å². The van der Waals surface area contributed by atoms with Crippen molar-refractivity contribution in [3.05, 3.63) is 30.7 Å². The van der Waals surface area contributed by atoms with Crippen LogP contribution in [0.2, 0.25) is 0 Å². The number of rotatable bonds is 1. The van der Waals surface area contributed by atoms with Crippen LogP contribution in [0.4, 0.5) is 5.82 Å². The number of nitrogens with two attached hydrogens (primary N) is 1. The van der Waals surface area contributed by atoms with Crippen LogP contribution in [0.5, 0.6) is 0 Å². The van der Waals surface area contributed by atoms with E-state index in [0.29, 0.717) is 5.82 Å². The third kappa shape index (κ3) is 1.24. The number of hydrogen-bond acceptors (Lipinski definition) is 4. The molecule has 2 rings (SSSR count). The lowest BCUT2D eigenvalue weighted by molar-refractivity contribution is 0.953. The van der Waals surface area contributed by atoms with Crippen LogP contribution in [0, 0.1) is 6.92 Å². The van der Waals surface area contributed by atoms with Crippen LogP contribution in [0.15, 0.2) is 24.9 Å². The molecule has 2 heterocycles. The summed E-state index contributed by atoms with van der Waals surface area (Å²) in [4.78, 5) is 11.9. The number of hydrogen-bond donors (Lipinski definition) is 1. The predicted molar refractivity (Wildman–Crippen MR) is 48.3 cm³/mol. The molecule has 0 aliphatic rings. The van der Waals surface area contributed by atoms with Crippen molar-refractivity contribution >= 4 is 5.82 Å². The minimum absolute atomic E-state index is 0.455. The third-order valence-corrected chi connectivity index (χ3v) is 1.81. The van der Waals surface area contributed by atoms with Crippen LogP contribution in [-0.4, -0.2) is 19.5 Å². The van der Waals surface area contributed by atoms with E-state index in [1.807, 2.05) is 17.7 Å². The maximum atomic E-state index is 5.68. The first kappa shape index (κ1) is 7.72. The van der Waals surface area contributed by atoms with Crippen molar-refractivity contribution in [2.75, 3.05) is 5.73 Å². The van der Waals surface area contributed by atoms with E-state index in [1.165, 1.54) is 6.33 Å². The Bertz CT molecular complexity index is 420. The first-order valence-electron chi connectivity index (χ1n) is 3.85. The van der Waals surface area contributed by atoms with Crippen molar-refractivity contribution in [2.24, 2.45) is 0 Å². The van der Waals surface area contributed by atoms with Gasteiger partial charge in [0.1, 0.15) is 17.8 Å². The second kappa shape index (κ2) is 2.85. The fourth-order valence-electron chi connectivity index (χ4n) is 1.15. The zero-order valence-electron chi connectivity index (χ0n) is 7.18. The van der Waals surface area contributed by atoms with E-state index in [1.54, 1.807) is 12.4 Å². The van der Waals surface area contributed by atoms with Crippen LogP contribution < -0.4 is 5.73 Å². The Hall–Kier alpha value is -1.91. The molecule has 5 nitrogen and oxygen atoms in total. The van der Waals surface area contributed by atoms with Gasteiger partial charge in [-0.3, -0.25) is 4.57 Å². The fraction of sp³-hybridized carbons (Fsp3) is 0.125. The highest BCUT2D eigenvalue weighted by Crippen LogP contribution is 2.13. The topological polar surface area (TPSA) is 69.6 Å². The zero-order valence-corrected chi connectivity index (χ0v) is 7.18. The van der Waals surface area contributed by atoms with Gasteiger partial charge in [-0.1, -0.05) is 0 Å². The van der Waals surface area contributed by atoms with Crippen LogP contribution in [0.25, 0.3) is 5.69 Å². The van der Waals surface area contributed by atoms with Gasteiger partial charge < -0.3 is 5.73 Å². The molecule has 0 spiro atoms. The molecule has 2 N–H and O–H groups in total. The van der Waals surface area contributed by atoms with E-state index in [4.69, 9.17) is 5.73 Å². The molecule has 13 heavy (non-hydrogen) atoms. The molecule has 5 heteroatoms. The summed E-state index contributed by atoms with van der Waals surface area (Å²) in [5.74, 6) is 1.32. The minimum Gasteiger partial charge on any atom is -0.382 e. The summed E-state index contributed by atoms with van der Waals surface area (Å²) in [6, 6.07) is 0. The van der Waals surface area contributed by atoms with Gasteiger partial charge in [0, 0.05) is 12.4 Å². The highest BCUT2D eigenvalue weighted by atomic mass is 15.1. The first-order valence-corrected chi connectivity index (χ1v) is 3.85. The molecule has 0 saturated heterocycles. The minimum atomic E-state index is 0.455. The molecule has 0 aromatic carbocycles. The molecule has 0 aliphatic carbocycles. The van der Waals surface area contributed by atoms with Gasteiger partial charge in [-0.2, -0.15) is 0 Å². The second-order valence-corrected chi connectivity index (χ2v) is 2.64. The Kier molecular flexibility index (Phi) is 1.70. The van der Waals surface area contributed by atoms with E-state index in [0.717, 1.165) is 11.5 Å². The van der Waals surface area contributed by atoms with Crippen LogP contribution in [0.1, 0.15) is 5.82 Å². The molecule has 0 fully saturated rings. The lowest BCUT2D eigenvalue weighted by Crippen LogP contribution is -2.03. The highest BCUT2D eigenvalue weighted by molar-refractivity contribution is 5.50. The highest BCUT2D eigenvalue weighted by Gasteiger charge is 2.04. The molecule has 0 unspecified atom stereocenters. The molecular weight excluding hydrogens is 166 g/mol. The van der Waals surface area contributed by atoms with Crippen LogP contribution >= 0.6 is 0 Å². The normalized spacial score (nSPS) is 10.2. The van der Waals surface area contributed by atoms with Crippen molar-refractivity contribution < 1.29 is 0 Å². The Morgan fingerprint density at radius 3 is 2.85 bits per heavy atom. The summed E-state index contributed by atoms with van der Waals surface area (Å²) in [7, 11) is 0. The van der Waals surface area contributed by atoms with Gasteiger partial charge in [0.05, 0.1) is 6.20 Å². The molecule has 0 amide bonds. The molecule has 2 aromatic heterocycles. The maximum Gasteiger partial charge on any atom is 0.151 e. The number of nitrogen functional groups attached to an aromatic ring is 1. The third-order valence-electron chi connectivity index (χ3n) is 1.81. The smallest absolute Gasteiger partial charge is 0.151 e. The quantitative estimate of drug-likeness (QED) is 0.687. The summed E-state index contributed by atoms with van der Waals surface area (Å²) >= 11 is 0. The van der Waals surface area contributed by atoms with Crippen LogP contribution in [0.3, 0.4) is 0 Å². The van der Waals surface area contributed by atoms with E-state index in [9.17, 15) is 0 Å². The van der Waals surface area contributed by atoms with Crippen molar-refractivity contribution in [2.45, 2.75) is 6.92 Å². The Morgan fingerprint density at radius 1 is 1.38 bits per heavy atom. The summed E-state index contributed by atoms with van der Waals surface area (Å²) < 4.78 is 1.84. The zero-order chi connectivity index (χ0) is 9.26. The van der Waals surface area contributed by atoms with Gasteiger partial charge in [0.15, 0.2) is 5.82 Å². The Morgan fingerprint density at radius 2 is 2.23 bits per heavy atom. The molecule has 0 aliphatic heterocycles. The Balaban J connectivity index is 2.59. The predicted octanol–water partition coefficient (Wildman–Crippen LogP) is 0.553. The maximum absolute atomic E-state index is 5.68. The Labute approximate surface area is 75.3 Å². The summed E-state index contributed by atoms with van der Waals surface area (Å²) in [5.41, 5.74) is 6.44. The van der Waals surface area contributed by atoms with Gasteiger partial charge in [0.2, 0.25) is 0 Å². The van der Waals surface area contributed by atoms with Gasteiger partial charge in [-0.05, 0) is 6.92 Å². The number of aromatic nitrogens is 4. The van der Waals surface area contributed by atoms with Crippen LogP contribution in [-0.2, 0) is 0 Å². The average Bonchev–Trinajstić information content (AvgIpc) is 2.52. The first-order chi connectivity index (χ1) is 6.29. The standard InChI is InChI=1S/C8H9N5/c1-6-11-2-3-13(6)7-4-10-5-12-8(7)9/h2-5H,1H3,(H2,9,10,12). The lowest BCUT2D eigenvalue weighted by atomic mass is 10.4. The molecule has 2 aromatic rings. The molecule has 66 valence electrons. The number of imidazole rings is 1. The molecule has 0 radical (unpaired) electrons. The lowest BCUT2D eigenvalue weighted by Gasteiger charge is -2.05. The van der Waals surface area contributed by atoms with E-state index in [-0.39, 0.29) is 0 Å². The van der Waals surface area contributed by atoms with Crippen molar-refractivity contribution in [1.82, 2.24) is 19.5 Å². The van der Waals surface area contributed by atoms with E-state index in [2.05, 4.69) is 15.0 Å². The largest absolute Gasteiger partial charge is 0.382 e. The molecule has 0 saturated carbocycles. The SMILES string of the molecule is Cc1nccn1-c1cncnc1N. The number of anilines is 1.